The van der Waals surface area contributed by atoms with Crippen LogP contribution in [-0.4, -0.2) is 19.2 Å². The first kappa shape index (κ1) is 15.9. The van der Waals surface area contributed by atoms with E-state index >= 15 is 0 Å². The van der Waals surface area contributed by atoms with Crippen molar-refractivity contribution in [2.24, 2.45) is 0 Å². The largest absolute Gasteiger partial charge is 0.434 e. The topological polar surface area (TPSA) is 33.3 Å². The average molecular weight is 318 g/mol. The second-order valence-corrected chi connectivity index (χ2v) is 5.60. The quantitative estimate of drug-likeness (QED) is 0.855. The molecule has 0 unspecified atom stereocenters. The molecule has 3 rings (SSSR count). The number of ether oxygens (including phenoxy) is 1. The van der Waals surface area contributed by atoms with Crippen LogP contribution in [0.2, 0.25) is 0 Å². The molecule has 0 aliphatic carbocycles. The molecule has 2 aromatic carbocycles. The highest BCUT2D eigenvalue weighted by atomic mass is 19.3. The number of halogens is 2. The van der Waals surface area contributed by atoms with Gasteiger partial charge in [-0.25, -0.2) is 0 Å². The Hall–Kier alpha value is -1.98. The molecule has 122 valence electrons. The lowest BCUT2D eigenvalue weighted by Crippen LogP contribution is -2.34. The van der Waals surface area contributed by atoms with Gasteiger partial charge < -0.3 is 15.4 Å². The third kappa shape index (κ3) is 4.06. The number of hydrogen-bond donors (Lipinski definition) is 2. The predicted molar refractivity (Wildman–Crippen MR) is 85.5 cm³/mol. The number of hydrogen-bond acceptors (Lipinski definition) is 3. The molecule has 1 heterocycles. The summed E-state index contributed by atoms with van der Waals surface area (Å²) in [7, 11) is 0. The second kappa shape index (κ2) is 7.53. The Morgan fingerprint density at radius 1 is 1.09 bits per heavy atom. The van der Waals surface area contributed by atoms with E-state index in [1.807, 2.05) is 30.3 Å². The van der Waals surface area contributed by atoms with Crippen molar-refractivity contribution < 1.29 is 13.5 Å². The van der Waals surface area contributed by atoms with Crippen LogP contribution < -0.4 is 15.4 Å². The summed E-state index contributed by atoms with van der Waals surface area (Å²) in [6.07, 6.45) is 0.997. The Morgan fingerprint density at radius 2 is 1.83 bits per heavy atom. The maximum atomic E-state index is 12.5. The van der Waals surface area contributed by atoms with Crippen molar-refractivity contribution >= 4 is 0 Å². The minimum absolute atomic E-state index is 0.234. The normalized spacial score (nSPS) is 20.8. The Bertz CT molecular complexity index is 621. The second-order valence-electron chi connectivity index (χ2n) is 5.60. The van der Waals surface area contributed by atoms with Crippen molar-refractivity contribution in [1.29, 1.82) is 0 Å². The van der Waals surface area contributed by atoms with Gasteiger partial charge in [-0.05, 0) is 24.6 Å². The van der Waals surface area contributed by atoms with Gasteiger partial charge in [0.2, 0.25) is 0 Å². The van der Waals surface area contributed by atoms with Crippen molar-refractivity contribution in [3.05, 3.63) is 65.7 Å². The molecule has 2 aromatic rings. The van der Waals surface area contributed by atoms with Gasteiger partial charge in [0.1, 0.15) is 5.75 Å². The van der Waals surface area contributed by atoms with Crippen LogP contribution >= 0.6 is 0 Å². The fourth-order valence-electron chi connectivity index (χ4n) is 3.04. The first-order chi connectivity index (χ1) is 11.2. The summed E-state index contributed by atoms with van der Waals surface area (Å²) < 4.78 is 29.5. The van der Waals surface area contributed by atoms with Crippen molar-refractivity contribution in [2.75, 3.05) is 6.54 Å². The van der Waals surface area contributed by atoms with E-state index in [0.717, 1.165) is 18.5 Å². The molecule has 2 N–H and O–H groups in total. The van der Waals surface area contributed by atoms with Crippen LogP contribution in [0.1, 0.15) is 23.6 Å². The highest BCUT2D eigenvalue weighted by molar-refractivity contribution is 5.33. The first-order valence-corrected chi connectivity index (χ1v) is 7.78. The van der Waals surface area contributed by atoms with Crippen LogP contribution in [0.3, 0.4) is 0 Å². The van der Waals surface area contributed by atoms with Crippen LogP contribution in [0.15, 0.2) is 54.6 Å². The van der Waals surface area contributed by atoms with E-state index in [2.05, 4.69) is 27.5 Å². The van der Waals surface area contributed by atoms with E-state index in [-0.39, 0.29) is 17.8 Å². The van der Waals surface area contributed by atoms with Gasteiger partial charge in [-0.2, -0.15) is 8.78 Å². The van der Waals surface area contributed by atoms with Crippen molar-refractivity contribution in [1.82, 2.24) is 10.6 Å². The molecular weight excluding hydrogens is 298 g/mol. The van der Waals surface area contributed by atoms with Crippen molar-refractivity contribution in [3.63, 3.8) is 0 Å². The van der Waals surface area contributed by atoms with Crippen molar-refractivity contribution in [3.8, 4) is 5.75 Å². The fourth-order valence-corrected chi connectivity index (χ4v) is 3.04. The van der Waals surface area contributed by atoms with Gasteiger partial charge in [0.25, 0.3) is 0 Å². The number of nitrogens with one attached hydrogen (secondary N) is 2. The molecule has 1 aliphatic heterocycles. The zero-order valence-electron chi connectivity index (χ0n) is 12.7. The van der Waals surface area contributed by atoms with Gasteiger partial charge in [-0.3, -0.25) is 0 Å². The Kier molecular flexibility index (Phi) is 5.20. The summed E-state index contributed by atoms with van der Waals surface area (Å²) >= 11 is 0. The van der Waals surface area contributed by atoms with E-state index in [0.29, 0.717) is 6.54 Å². The Morgan fingerprint density at radius 3 is 2.61 bits per heavy atom. The fraction of sp³-hybridized carbons (Fsp3) is 0.333. The average Bonchev–Trinajstić information content (AvgIpc) is 3.03. The molecule has 23 heavy (non-hydrogen) atoms. The lowest BCUT2D eigenvalue weighted by molar-refractivity contribution is -0.0505. The van der Waals surface area contributed by atoms with Gasteiger partial charge in [0.05, 0.1) is 0 Å². The van der Waals surface area contributed by atoms with Crippen LogP contribution in [0.5, 0.6) is 5.75 Å². The lowest BCUT2D eigenvalue weighted by Gasteiger charge is -2.22. The number of alkyl halides is 2. The van der Waals surface area contributed by atoms with E-state index in [1.165, 1.54) is 5.56 Å². The van der Waals surface area contributed by atoms with E-state index in [1.54, 1.807) is 12.1 Å². The summed E-state index contributed by atoms with van der Waals surface area (Å²) in [6, 6.07) is 17.7. The van der Waals surface area contributed by atoms with E-state index < -0.39 is 6.61 Å². The molecule has 1 saturated heterocycles. The lowest BCUT2D eigenvalue weighted by atomic mass is 10.0. The van der Waals surface area contributed by atoms with Gasteiger partial charge in [-0.15, -0.1) is 0 Å². The molecule has 1 fully saturated rings. The maximum absolute atomic E-state index is 12.5. The molecule has 0 bridgehead atoms. The number of para-hydroxylation sites is 1. The summed E-state index contributed by atoms with van der Waals surface area (Å²) in [5, 5.41) is 6.97. The van der Waals surface area contributed by atoms with Gasteiger partial charge in [0, 0.05) is 24.2 Å². The Labute approximate surface area is 134 Å². The highest BCUT2D eigenvalue weighted by Gasteiger charge is 2.27. The third-order valence-electron chi connectivity index (χ3n) is 4.12. The standard InChI is InChI=1S/C18H20F2N2O/c19-18(20)23-16-9-5-4-8-14(16)12-22-15-10-11-21-17(15)13-6-2-1-3-7-13/h1-9,15,17-18,21-22H,10-12H2/t15-,17-/m0/s1. The molecule has 0 saturated carbocycles. The predicted octanol–water partition coefficient (Wildman–Crippen LogP) is 3.48. The number of rotatable bonds is 6. The molecule has 0 radical (unpaired) electrons. The first-order valence-electron chi connectivity index (χ1n) is 7.78. The minimum atomic E-state index is -2.80. The zero-order chi connectivity index (χ0) is 16.1. The summed E-state index contributed by atoms with van der Waals surface area (Å²) in [5.41, 5.74) is 1.98. The van der Waals surface area contributed by atoms with Crippen LogP contribution in [0.25, 0.3) is 0 Å². The molecule has 2 atom stereocenters. The maximum Gasteiger partial charge on any atom is 0.387 e. The van der Waals surface area contributed by atoms with Gasteiger partial charge in [-0.1, -0.05) is 48.5 Å². The van der Waals surface area contributed by atoms with E-state index in [4.69, 9.17) is 0 Å². The monoisotopic (exact) mass is 318 g/mol. The van der Waals surface area contributed by atoms with Crippen LogP contribution in [0, 0.1) is 0 Å². The van der Waals surface area contributed by atoms with E-state index in [9.17, 15) is 8.78 Å². The molecule has 0 spiro atoms. The van der Waals surface area contributed by atoms with Gasteiger partial charge in [0.15, 0.2) is 0 Å². The van der Waals surface area contributed by atoms with Crippen LogP contribution in [-0.2, 0) is 6.54 Å². The molecule has 1 aliphatic rings. The zero-order valence-corrected chi connectivity index (χ0v) is 12.7. The molecule has 5 heteroatoms. The summed E-state index contributed by atoms with van der Waals surface area (Å²) in [6.45, 7) is -1.37. The molecular formula is C18H20F2N2O. The highest BCUT2D eigenvalue weighted by Crippen LogP contribution is 2.25. The smallest absolute Gasteiger partial charge is 0.387 e. The molecule has 0 aromatic heterocycles. The Balaban J connectivity index is 1.66. The SMILES string of the molecule is FC(F)Oc1ccccc1CN[C@H]1CCN[C@H]1c1ccccc1. The number of benzene rings is 2. The minimum Gasteiger partial charge on any atom is -0.434 e. The van der Waals surface area contributed by atoms with Gasteiger partial charge >= 0.3 is 6.61 Å². The van der Waals surface area contributed by atoms with Crippen LogP contribution in [0.4, 0.5) is 8.78 Å². The molecule has 3 nitrogen and oxygen atoms in total. The summed E-state index contributed by atoms with van der Waals surface area (Å²) in [5.74, 6) is 0.234. The third-order valence-corrected chi connectivity index (χ3v) is 4.12. The summed E-state index contributed by atoms with van der Waals surface area (Å²) in [4.78, 5) is 0. The molecule has 0 amide bonds. The van der Waals surface area contributed by atoms with Crippen molar-refractivity contribution in [2.45, 2.75) is 31.7 Å².